The Hall–Kier alpha value is -2.71. The number of hydrogen-bond donors (Lipinski definition) is 1. The Morgan fingerprint density at radius 3 is 2.40 bits per heavy atom. The number of carbonyl (C=O) groups excluding carboxylic acids is 2. The molecule has 0 aliphatic heterocycles. The molecule has 8 heteroatoms. The summed E-state index contributed by atoms with van der Waals surface area (Å²) in [7, 11) is -4.18. The molecular formula is C17H16O7S. The minimum absolute atomic E-state index is 0.231. The van der Waals surface area contributed by atoms with Crippen LogP contribution in [0.2, 0.25) is 0 Å². The Kier molecular flexibility index (Phi) is 5.55. The van der Waals surface area contributed by atoms with Crippen molar-refractivity contribution in [3.63, 3.8) is 0 Å². The molecule has 0 radical (unpaired) electrons. The molecule has 2 rings (SSSR count). The summed E-state index contributed by atoms with van der Waals surface area (Å²) in [6, 6.07) is 9.61. The number of benzene rings is 2. The van der Waals surface area contributed by atoms with Crippen LogP contribution in [0.15, 0.2) is 48.6 Å². The molecule has 0 atom stereocenters. The molecule has 0 amide bonds. The Labute approximate surface area is 144 Å². The molecule has 0 unspecified atom stereocenters. The molecule has 2 aromatic rings. The van der Waals surface area contributed by atoms with Gasteiger partial charge in [0.05, 0.1) is 5.56 Å². The van der Waals surface area contributed by atoms with Gasteiger partial charge in [-0.2, -0.15) is 8.42 Å². The molecule has 0 spiro atoms. The van der Waals surface area contributed by atoms with Gasteiger partial charge in [-0.1, -0.05) is 18.7 Å². The third-order valence-electron chi connectivity index (χ3n) is 3.18. The first kappa shape index (κ1) is 18.6. The highest BCUT2D eigenvalue weighted by Gasteiger charge is 2.12. The molecule has 0 bridgehead atoms. The van der Waals surface area contributed by atoms with Gasteiger partial charge in [-0.3, -0.25) is 4.55 Å². The van der Waals surface area contributed by atoms with Gasteiger partial charge in [-0.05, 0) is 42.0 Å². The normalized spacial score (nSPS) is 11.1. The highest BCUT2D eigenvalue weighted by Crippen LogP contribution is 2.23. The van der Waals surface area contributed by atoms with Crippen molar-refractivity contribution in [1.82, 2.24) is 0 Å². The first-order valence-corrected chi connectivity index (χ1v) is 8.80. The molecule has 0 saturated heterocycles. The Bertz CT molecular complexity index is 945. The summed E-state index contributed by atoms with van der Waals surface area (Å²) in [4.78, 5) is 23.4. The molecule has 0 saturated carbocycles. The lowest BCUT2D eigenvalue weighted by atomic mass is 10.1. The van der Waals surface area contributed by atoms with E-state index in [1.54, 1.807) is 37.3 Å². The summed E-state index contributed by atoms with van der Waals surface area (Å²) in [5.41, 5.74) is 0.512. The molecular weight excluding hydrogens is 348 g/mol. The highest BCUT2D eigenvalue weighted by atomic mass is 32.2. The maximum Gasteiger partial charge on any atom is 0.338 e. The van der Waals surface area contributed by atoms with E-state index in [0.717, 1.165) is 5.39 Å². The minimum atomic E-state index is -4.18. The number of carbonyl (C=O) groups is 2. The maximum absolute atomic E-state index is 11.9. The van der Waals surface area contributed by atoms with Gasteiger partial charge in [0.25, 0.3) is 10.1 Å². The molecule has 0 aromatic heterocycles. The fraction of sp³-hybridized carbons (Fsp3) is 0.176. The predicted octanol–water partition coefficient (Wildman–Crippen LogP) is 2.37. The zero-order valence-electron chi connectivity index (χ0n) is 13.4. The zero-order chi connectivity index (χ0) is 18.6. The lowest BCUT2D eigenvalue weighted by Gasteiger charge is -2.07. The van der Waals surface area contributed by atoms with E-state index in [1.807, 2.05) is 0 Å². The standard InChI is InChI=1S/C17H16O7S/c1-11(2)16(18)24-15-6-5-12-9-14(4-3-13(12)10-15)17(19)23-7-8-25(20,21)22/h3-6,9-10H,1,7-8H2,2H3,(H,20,21,22). The molecule has 25 heavy (non-hydrogen) atoms. The molecule has 1 N–H and O–H groups in total. The van der Waals surface area contributed by atoms with Crippen molar-refractivity contribution in [3.8, 4) is 5.75 Å². The molecule has 0 aliphatic carbocycles. The third-order valence-corrected chi connectivity index (χ3v) is 3.86. The topological polar surface area (TPSA) is 107 Å². The molecule has 0 aliphatic rings. The predicted molar refractivity (Wildman–Crippen MR) is 91.1 cm³/mol. The van der Waals surface area contributed by atoms with Gasteiger partial charge in [0.1, 0.15) is 18.1 Å². The SMILES string of the molecule is C=C(C)C(=O)Oc1ccc2cc(C(=O)OCCS(=O)(=O)O)ccc2c1. The van der Waals surface area contributed by atoms with Crippen LogP contribution in [0.4, 0.5) is 0 Å². The van der Waals surface area contributed by atoms with E-state index < -0.39 is 34.4 Å². The fourth-order valence-corrected chi connectivity index (χ4v) is 2.23. The van der Waals surface area contributed by atoms with E-state index in [2.05, 4.69) is 6.58 Å². The quantitative estimate of drug-likeness (QED) is 0.363. The van der Waals surface area contributed by atoms with Gasteiger partial charge in [0.2, 0.25) is 0 Å². The van der Waals surface area contributed by atoms with Crippen LogP contribution in [0.1, 0.15) is 17.3 Å². The average molecular weight is 364 g/mol. The lowest BCUT2D eigenvalue weighted by molar-refractivity contribution is -0.130. The van der Waals surface area contributed by atoms with Gasteiger partial charge in [-0.15, -0.1) is 0 Å². The summed E-state index contributed by atoms with van der Waals surface area (Å²) in [5.74, 6) is -1.55. The first-order valence-electron chi connectivity index (χ1n) is 7.19. The van der Waals surface area contributed by atoms with Crippen LogP contribution in [-0.4, -0.2) is 37.3 Å². The summed E-state index contributed by atoms with van der Waals surface area (Å²) < 4.78 is 39.7. The average Bonchev–Trinajstić information content (AvgIpc) is 2.52. The van der Waals surface area contributed by atoms with Crippen molar-refractivity contribution in [1.29, 1.82) is 0 Å². The van der Waals surface area contributed by atoms with Crippen LogP contribution in [0, 0.1) is 0 Å². The largest absolute Gasteiger partial charge is 0.461 e. The second-order valence-electron chi connectivity index (χ2n) is 5.32. The smallest absolute Gasteiger partial charge is 0.338 e. The van der Waals surface area contributed by atoms with E-state index in [0.29, 0.717) is 11.1 Å². The molecule has 2 aromatic carbocycles. The van der Waals surface area contributed by atoms with Crippen LogP contribution < -0.4 is 4.74 Å². The molecule has 132 valence electrons. The maximum atomic E-state index is 11.9. The first-order chi connectivity index (χ1) is 11.7. The number of rotatable bonds is 6. The summed E-state index contributed by atoms with van der Waals surface area (Å²) in [5, 5.41) is 1.45. The van der Waals surface area contributed by atoms with Crippen LogP contribution in [0.5, 0.6) is 5.75 Å². The highest BCUT2D eigenvalue weighted by molar-refractivity contribution is 7.85. The van der Waals surface area contributed by atoms with E-state index >= 15 is 0 Å². The van der Waals surface area contributed by atoms with Gasteiger partial charge in [0.15, 0.2) is 0 Å². The molecule has 7 nitrogen and oxygen atoms in total. The summed E-state index contributed by atoms with van der Waals surface area (Å²) in [6.07, 6.45) is 0. The van der Waals surface area contributed by atoms with Crippen molar-refractivity contribution in [3.05, 3.63) is 54.1 Å². The van der Waals surface area contributed by atoms with E-state index in [-0.39, 0.29) is 11.1 Å². The Morgan fingerprint density at radius 1 is 1.12 bits per heavy atom. The summed E-state index contributed by atoms with van der Waals surface area (Å²) in [6.45, 7) is 4.61. The third kappa shape index (κ3) is 5.40. The monoisotopic (exact) mass is 364 g/mol. The second-order valence-corrected chi connectivity index (χ2v) is 6.89. The number of hydrogen-bond acceptors (Lipinski definition) is 6. The van der Waals surface area contributed by atoms with Gasteiger partial charge < -0.3 is 9.47 Å². The van der Waals surface area contributed by atoms with Gasteiger partial charge in [0, 0.05) is 5.57 Å². The van der Waals surface area contributed by atoms with Crippen LogP contribution in [0.3, 0.4) is 0 Å². The van der Waals surface area contributed by atoms with Gasteiger partial charge >= 0.3 is 11.9 Å². The van der Waals surface area contributed by atoms with Gasteiger partial charge in [-0.25, -0.2) is 9.59 Å². The minimum Gasteiger partial charge on any atom is -0.461 e. The fourth-order valence-electron chi connectivity index (χ4n) is 1.93. The van der Waals surface area contributed by atoms with Crippen molar-refractivity contribution in [2.45, 2.75) is 6.92 Å². The Morgan fingerprint density at radius 2 is 1.76 bits per heavy atom. The Balaban J connectivity index is 2.13. The van der Waals surface area contributed by atoms with Crippen LogP contribution in [0.25, 0.3) is 10.8 Å². The van der Waals surface area contributed by atoms with Crippen molar-refractivity contribution < 1.29 is 32.0 Å². The number of ether oxygens (including phenoxy) is 2. The van der Waals surface area contributed by atoms with Crippen LogP contribution >= 0.6 is 0 Å². The number of fused-ring (bicyclic) bond motifs is 1. The van der Waals surface area contributed by atoms with E-state index in [9.17, 15) is 18.0 Å². The zero-order valence-corrected chi connectivity index (χ0v) is 14.2. The number of esters is 2. The van der Waals surface area contributed by atoms with Crippen molar-refractivity contribution >= 4 is 32.8 Å². The lowest BCUT2D eigenvalue weighted by Crippen LogP contribution is -2.14. The van der Waals surface area contributed by atoms with E-state index in [4.69, 9.17) is 14.0 Å². The molecule has 0 heterocycles. The van der Waals surface area contributed by atoms with Crippen LogP contribution in [-0.2, 0) is 19.6 Å². The van der Waals surface area contributed by atoms with E-state index in [1.165, 1.54) is 6.07 Å². The van der Waals surface area contributed by atoms with Crippen molar-refractivity contribution in [2.24, 2.45) is 0 Å². The molecule has 0 fully saturated rings. The van der Waals surface area contributed by atoms with Crippen molar-refractivity contribution in [2.75, 3.05) is 12.4 Å². The second kappa shape index (κ2) is 7.45. The summed E-state index contributed by atoms with van der Waals surface area (Å²) >= 11 is 0.